The van der Waals surface area contributed by atoms with Crippen molar-refractivity contribution in [1.82, 2.24) is 5.32 Å². The summed E-state index contributed by atoms with van der Waals surface area (Å²) in [5.41, 5.74) is 3.31. The second-order valence-corrected chi connectivity index (χ2v) is 8.18. The van der Waals surface area contributed by atoms with Crippen LogP contribution in [0.15, 0.2) is 63.8 Å². The molecule has 5 nitrogen and oxygen atoms in total. The summed E-state index contributed by atoms with van der Waals surface area (Å²) in [5, 5.41) is 2.71. The minimum absolute atomic E-state index is 0.173. The van der Waals surface area contributed by atoms with Gasteiger partial charge in [0.2, 0.25) is 5.91 Å². The van der Waals surface area contributed by atoms with E-state index in [2.05, 4.69) is 10.3 Å². The van der Waals surface area contributed by atoms with Crippen molar-refractivity contribution in [2.75, 3.05) is 6.26 Å². The predicted molar refractivity (Wildman–Crippen MR) is 108 cm³/mol. The molecule has 1 aromatic rings. The second kappa shape index (κ2) is 9.29. The lowest BCUT2D eigenvalue weighted by Crippen LogP contribution is -2.19. The summed E-state index contributed by atoms with van der Waals surface area (Å²) in [6.07, 6.45) is 6.79. The maximum absolute atomic E-state index is 11.7. The summed E-state index contributed by atoms with van der Waals surface area (Å²) in [6, 6.07) is 6.82. The smallest absolute Gasteiger partial charge is 0.222 e. The largest absolute Gasteiger partial charge is 0.311 e. The summed E-state index contributed by atoms with van der Waals surface area (Å²) in [7, 11) is -3.26. The number of aliphatic imine (C=N–C) groups is 1. The van der Waals surface area contributed by atoms with Gasteiger partial charge in [-0.25, -0.2) is 13.4 Å². The van der Waals surface area contributed by atoms with Gasteiger partial charge in [-0.2, -0.15) is 0 Å². The predicted octanol–water partition coefficient (Wildman–Crippen LogP) is 3.90. The van der Waals surface area contributed by atoms with Gasteiger partial charge in [0.25, 0.3) is 0 Å². The Bertz CT molecular complexity index is 901. The molecule has 0 aliphatic carbocycles. The highest BCUT2D eigenvalue weighted by Crippen LogP contribution is 2.20. The van der Waals surface area contributed by atoms with Crippen molar-refractivity contribution in [2.24, 2.45) is 4.99 Å². The van der Waals surface area contributed by atoms with Gasteiger partial charge in [0, 0.05) is 18.9 Å². The van der Waals surface area contributed by atoms with Gasteiger partial charge in [-0.1, -0.05) is 24.3 Å². The number of hydrogen-bond acceptors (Lipinski definition) is 4. The second-order valence-electron chi connectivity index (χ2n) is 6.16. The molecule has 0 saturated heterocycles. The molecule has 1 amide bonds. The fraction of sp³-hybridized carbons (Fsp3) is 0.300. The van der Waals surface area contributed by atoms with Gasteiger partial charge >= 0.3 is 0 Å². The number of sulfone groups is 1. The highest BCUT2D eigenvalue weighted by atomic mass is 32.2. The molecular formula is C20H26N2O3S. The van der Waals surface area contributed by atoms with Gasteiger partial charge in [0.05, 0.1) is 4.90 Å². The Morgan fingerprint density at radius 1 is 1.12 bits per heavy atom. The van der Waals surface area contributed by atoms with Crippen LogP contribution in [0.25, 0.3) is 5.57 Å². The third kappa shape index (κ3) is 6.80. The van der Waals surface area contributed by atoms with E-state index < -0.39 is 9.84 Å². The lowest BCUT2D eigenvalue weighted by molar-refractivity contribution is -0.118. The number of carbonyl (C=O) groups is 1. The normalized spacial score (nSPS) is 13.0. The molecule has 0 aromatic heterocycles. The number of hydrogen-bond donors (Lipinski definition) is 1. The molecule has 0 atom stereocenters. The maximum Gasteiger partial charge on any atom is 0.222 e. The molecule has 0 aliphatic heterocycles. The van der Waals surface area contributed by atoms with Crippen LogP contribution in [0.5, 0.6) is 0 Å². The first-order chi connectivity index (χ1) is 12.0. The Morgan fingerprint density at radius 2 is 1.77 bits per heavy atom. The third-order valence-corrected chi connectivity index (χ3v) is 4.58. The average molecular weight is 375 g/mol. The van der Waals surface area contributed by atoms with E-state index in [1.165, 1.54) is 13.2 Å². The molecule has 1 aromatic carbocycles. The van der Waals surface area contributed by atoms with Crippen molar-refractivity contribution in [1.29, 1.82) is 0 Å². The molecule has 0 saturated carbocycles. The number of benzene rings is 1. The standard InChI is InChI=1S/C20H26N2O3S/c1-7-17(18-9-8-10-19(13-18)26(6,24)25)12-11-15(4)21-20(14(2)3)22-16(5)23/h7-13H,1-6H3,(H,22,23)/b12-11-,17-7+,21-15+. The SMILES string of the molecule is C\C=C(/C=C\C(C)=N\C(NC(C)=O)=C(C)C)c1cccc(S(C)(=O)=O)c1. The van der Waals surface area contributed by atoms with Gasteiger partial charge < -0.3 is 5.32 Å². The molecule has 0 fully saturated rings. The van der Waals surface area contributed by atoms with Crippen LogP contribution in [0.3, 0.4) is 0 Å². The summed E-state index contributed by atoms with van der Waals surface area (Å²) in [5.74, 6) is 0.356. The van der Waals surface area contributed by atoms with E-state index in [9.17, 15) is 13.2 Å². The van der Waals surface area contributed by atoms with E-state index >= 15 is 0 Å². The number of allylic oxidation sites excluding steroid dienone is 5. The van der Waals surface area contributed by atoms with Gasteiger partial charge in [-0.15, -0.1) is 0 Å². The van der Waals surface area contributed by atoms with Gasteiger partial charge in [0.1, 0.15) is 5.82 Å². The highest BCUT2D eigenvalue weighted by molar-refractivity contribution is 7.90. The highest BCUT2D eigenvalue weighted by Gasteiger charge is 2.08. The van der Waals surface area contributed by atoms with E-state index in [-0.39, 0.29) is 10.8 Å². The zero-order valence-corrected chi connectivity index (χ0v) is 16.9. The molecule has 0 spiro atoms. The van der Waals surface area contributed by atoms with Crippen LogP contribution >= 0.6 is 0 Å². The molecule has 1 rings (SSSR count). The van der Waals surface area contributed by atoms with Crippen molar-refractivity contribution in [3.05, 3.63) is 59.5 Å². The van der Waals surface area contributed by atoms with Gasteiger partial charge in [0.15, 0.2) is 9.84 Å². The summed E-state index contributed by atoms with van der Waals surface area (Å²) in [4.78, 5) is 16.0. The Hall–Kier alpha value is -2.47. The van der Waals surface area contributed by atoms with Crippen molar-refractivity contribution < 1.29 is 13.2 Å². The van der Waals surface area contributed by atoms with E-state index in [1.54, 1.807) is 18.2 Å². The number of carbonyl (C=O) groups excluding carboxylic acids is 1. The maximum atomic E-state index is 11.7. The van der Waals surface area contributed by atoms with Crippen LogP contribution in [0, 0.1) is 0 Å². The minimum atomic E-state index is -3.26. The fourth-order valence-corrected chi connectivity index (χ4v) is 2.79. The van der Waals surface area contributed by atoms with Crippen molar-refractivity contribution in [3.63, 3.8) is 0 Å². The molecule has 1 N–H and O–H groups in total. The Balaban J connectivity index is 3.13. The average Bonchev–Trinajstić information content (AvgIpc) is 2.53. The number of amides is 1. The number of nitrogens with zero attached hydrogens (tertiary/aromatic N) is 1. The van der Waals surface area contributed by atoms with E-state index in [0.717, 1.165) is 16.7 Å². The molecule has 0 radical (unpaired) electrons. The zero-order chi connectivity index (χ0) is 19.9. The van der Waals surface area contributed by atoms with Crippen LogP contribution in [-0.4, -0.2) is 26.3 Å². The molecular weight excluding hydrogens is 348 g/mol. The van der Waals surface area contributed by atoms with Crippen LogP contribution < -0.4 is 5.32 Å². The summed E-state index contributed by atoms with van der Waals surface area (Å²) < 4.78 is 23.5. The molecule has 0 heterocycles. The van der Waals surface area contributed by atoms with E-state index in [4.69, 9.17) is 0 Å². The van der Waals surface area contributed by atoms with Crippen molar-refractivity contribution >= 4 is 27.0 Å². The van der Waals surface area contributed by atoms with Crippen LogP contribution in [0.2, 0.25) is 0 Å². The van der Waals surface area contributed by atoms with Gasteiger partial charge in [-0.3, -0.25) is 4.79 Å². The summed E-state index contributed by atoms with van der Waals surface area (Å²) in [6.45, 7) is 8.91. The lowest BCUT2D eigenvalue weighted by Gasteiger charge is -2.07. The molecule has 26 heavy (non-hydrogen) atoms. The molecule has 0 aliphatic rings. The summed E-state index contributed by atoms with van der Waals surface area (Å²) >= 11 is 0. The fourth-order valence-electron chi connectivity index (χ4n) is 2.12. The van der Waals surface area contributed by atoms with E-state index in [0.29, 0.717) is 11.5 Å². The first-order valence-electron chi connectivity index (χ1n) is 8.20. The van der Waals surface area contributed by atoms with E-state index in [1.807, 2.05) is 52.0 Å². The molecule has 0 bridgehead atoms. The minimum Gasteiger partial charge on any atom is -0.311 e. The van der Waals surface area contributed by atoms with Crippen molar-refractivity contribution in [2.45, 2.75) is 39.5 Å². The first-order valence-corrected chi connectivity index (χ1v) is 10.1. The Kier molecular flexibility index (Phi) is 7.71. The molecule has 0 unspecified atom stereocenters. The van der Waals surface area contributed by atoms with Crippen LogP contribution in [0.4, 0.5) is 0 Å². The lowest BCUT2D eigenvalue weighted by atomic mass is 10.0. The third-order valence-electron chi connectivity index (χ3n) is 3.47. The number of nitrogens with one attached hydrogen (secondary N) is 1. The first kappa shape index (κ1) is 21.6. The monoisotopic (exact) mass is 374 g/mol. The topological polar surface area (TPSA) is 75.6 Å². The van der Waals surface area contributed by atoms with Crippen LogP contribution in [-0.2, 0) is 14.6 Å². The Morgan fingerprint density at radius 3 is 2.27 bits per heavy atom. The molecule has 6 heteroatoms. The van der Waals surface area contributed by atoms with Crippen LogP contribution in [0.1, 0.15) is 40.2 Å². The zero-order valence-electron chi connectivity index (χ0n) is 16.1. The van der Waals surface area contributed by atoms with Crippen molar-refractivity contribution in [3.8, 4) is 0 Å². The molecule has 140 valence electrons. The van der Waals surface area contributed by atoms with Gasteiger partial charge in [-0.05, 0) is 62.6 Å². The quantitative estimate of drug-likeness (QED) is 0.606. The Labute approximate surface area is 156 Å². The number of rotatable bonds is 6.